The first-order chi connectivity index (χ1) is 8.34. The van der Waals surface area contributed by atoms with Crippen LogP contribution in [-0.2, 0) is 9.59 Å². The third kappa shape index (κ3) is 2.38. The molecule has 0 heterocycles. The van der Waals surface area contributed by atoms with Gasteiger partial charge in [0.15, 0.2) is 0 Å². The molecule has 2 aliphatic carbocycles. The lowest BCUT2D eigenvalue weighted by Crippen LogP contribution is -2.52. The molecule has 2 rings (SSSR count). The van der Waals surface area contributed by atoms with Gasteiger partial charge >= 0.3 is 5.97 Å². The maximum Gasteiger partial charge on any atom is 0.307 e. The molecular weight excluding hydrogens is 230 g/mol. The van der Waals surface area contributed by atoms with E-state index >= 15 is 0 Å². The van der Waals surface area contributed by atoms with E-state index in [0.717, 1.165) is 19.3 Å². The summed E-state index contributed by atoms with van der Waals surface area (Å²) in [7, 11) is 0. The van der Waals surface area contributed by atoms with Crippen molar-refractivity contribution in [3.8, 4) is 0 Å². The molecule has 3 unspecified atom stereocenters. The molecule has 3 atom stereocenters. The van der Waals surface area contributed by atoms with E-state index in [0.29, 0.717) is 6.42 Å². The van der Waals surface area contributed by atoms with Gasteiger partial charge in [-0.3, -0.25) is 9.59 Å². The van der Waals surface area contributed by atoms with Gasteiger partial charge in [-0.05, 0) is 37.0 Å². The van der Waals surface area contributed by atoms with Crippen LogP contribution in [0.25, 0.3) is 0 Å². The Labute approximate surface area is 108 Å². The lowest BCUT2D eigenvalue weighted by atomic mass is 9.61. The van der Waals surface area contributed by atoms with Gasteiger partial charge in [-0.1, -0.05) is 20.8 Å². The van der Waals surface area contributed by atoms with E-state index in [1.807, 2.05) is 13.8 Å². The van der Waals surface area contributed by atoms with Crippen molar-refractivity contribution < 1.29 is 14.7 Å². The first kappa shape index (κ1) is 13.4. The van der Waals surface area contributed by atoms with Gasteiger partial charge in [0.1, 0.15) is 0 Å². The van der Waals surface area contributed by atoms with Gasteiger partial charge in [0.2, 0.25) is 5.91 Å². The zero-order valence-corrected chi connectivity index (χ0v) is 11.4. The van der Waals surface area contributed by atoms with Gasteiger partial charge < -0.3 is 10.4 Å². The molecule has 2 fully saturated rings. The molecule has 0 aromatic rings. The second-order valence-corrected chi connectivity index (χ2v) is 6.47. The summed E-state index contributed by atoms with van der Waals surface area (Å²) in [5.41, 5.74) is -0.272. The van der Waals surface area contributed by atoms with Gasteiger partial charge in [-0.15, -0.1) is 0 Å². The molecule has 0 spiro atoms. The van der Waals surface area contributed by atoms with Crippen LogP contribution >= 0.6 is 0 Å². The molecule has 2 aliphatic rings. The molecule has 0 radical (unpaired) electrons. The fourth-order valence-electron chi connectivity index (χ4n) is 3.09. The Morgan fingerprint density at radius 3 is 2.28 bits per heavy atom. The van der Waals surface area contributed by atoms with Crippen molar-refractivity contribution in [1.82, 2.24) is 5.32 Å². The number of carbonyl (C=O) groups excluding carboxylic acids is 1. The van der Waals surface area contributed by atoms with E-state index in [1.54, 1.807) is 0 Å². The highest BCUT2D eigenvalue weighted by molar-refractivity contribution is 5.81. The van der Waals surface area contributed by atoms with E-state index in [2.05, 4.69) is 12.2 Å². The first-order valence-electron chi connectivity index (χ1n) is 6.87. The molecule has 2 saturated carbocycles. The number of amides is 1. The maximum absolute atomic E-state index is 11.8. The Morgan fingerprint density at radius 2 is 1.78 bits per heavy atom. The van der Waals surface area contributed by atoms with Gasteiger partial charge in [-0.25, -0.2) is 0 Å². The summed E-state index contributed by atoms with van der Waals surface area (Å²) >= 11 is 0. The fraction of sp³-hybridized carbons (Fsp3) is 0.857. The standard InChI is InChI=1S/C14H23NO3/c1-8-11(15-12(16)9-4-5-9)7-6-10(13(17)18)14(8,2)3/h8-11H,4-7H2,1-3H3,(H,15,16)(H,17,18). The van der Waals surface area contributed by atoms with Crippen LogP contribution in [-0.4, -0.2) is 23.0 Å². The minimum atomic E-state index is -0.709. The molecule has 0 aromatic heterocycles. The van der Waals surface area contributed by atoms with Crippen molar-refractivity contribution in [3.05, 3.63) is 0 Å². The van der Waals surface area contributed by atoms with E-state index in [9.17, 15) is 14.7 Å². The average molecular weight is 253 g/mol. The molecule has 1 amide bonds. The quantitative estimate of drug-likeness (QED) is 0.809. The molecule has 102 valence electrons. The summed E-state index contributed by atoms with van der Waals surface area (Å²) in [5.74, 6) is -0.440. The molecule has 2 N–H and O–H groups in total. The molecular formula is C14H23NO3. The number of hydrogen-bond acceptors (Lipinski definition) is 2. The molecule has 0 aromatic carbocycles. The minimum absolute atomic E-state index is 0.128. The number of carboxylic acids is 1. The molecule has 18 heavy (non-hydrogen) atoms. The van der Waals surface area contributed by atoms with Gasteiger partial charge in [0.05, 0.1) is 5.92 Å². The van der Waals surface area contributed by atoms with Crippen molar-refractivity contribution in [2.45, 2.75) is 52.5 Å². The summed E-state index contributed by atoms with van der Waals surface area (Å²) in [6.45, 7) is 6.07. The van der Waals surface area contributed by atoms with Gasteiger partial charge in [0, 0.05) is 12.0 Å². The number of nitrogens with one attached hydrogen (secondary N) is 1. The van der Waals surface area contributed by atoms with Gasteiger partial charge in [0.25, 0.3) is 0 Å². The Bertz CT molecular complexity index is 360. The summed E-state index contributed by atoms with van der Waals surface area (Å²) in [6.07, 6.45) is 3.45. The van der Waals surface area contributed by atoms with Crippen LogP contribution in [0.5, 0.6) is 0 Å². The van der Waals surface area contributed by atoms with Crippen LogP contribution < -0.4 is 5.32 Å². The van der Waals surface area contributed by atoms with Crippen LogP contribution in [0.2, 0.25) is 0 Å². The Balaban J connectivity index is 2.03. The third-order valence-corrected chi connectivity index (χ3v) is 5.02. The maximum atomic E-state index is 11.8. The summed E-state index contributed by atoms with van der Waals surface area (Å²) < 4.78 is 0. The van der Waals surface area contributed by atoms with E-state index < -0.39 is 5.97 Å². The van der Waals surface area contributed by atoms with E-state index in [1.165, 1.54) is 0 Å². The van der Waals surface area contributed by atoms with E-state index in [4.69, 9.17) is 0 Å². The Morgan fingerprint density at radius 1 is 1.17 bits per heavy atom. The number of aliphatic carboxylic acids is 1. The summed E-state index contributed by atoms with van der Waals surface area (Å²) in [5, 5.41) is 12.4. The second-order valence-electron chi connectivity index (χ2n) is 6.47. The monoisotopic (exact) mass is 253 g/mol. The smallest absolute Gasteiger partial charge is 0.307 e. The topological polar surface area (TPSA) is 66.4 Å². The summed E-state index contributed by atoms with van der Waals surface area (Å²) in [6, 6.07) is 0.128. The van der Waals surface area contributed by atoms with Gasteiger partial charge in [-0.2, -0.15) is 0 Å². The average Bonchev–Trinajstić information content (AvgIpc) is 3.07. The normalized spacial score (nSPS) is 34.9. The van der Waals surface area contributed by atoms with Crippen LogP contribution in [0, 0.1) is 23.2 Å². The Hall–Kier alpha value is -1.06. The highest BCUT2D eigenvalue weighted by atomic mass is 16.4. The highest BCUT2D eigenvalue weighted by Crippen LogP contribution is 2.45. The number of rotatable bonds is 3. The largest absolute Gasteiger partial charge is 0.481 e. The first-order valence-corrected chi connectivity index (χ1v) is 6.87. The molecule has 0 saturated heterocycles. The number of carboxylic acid groups (broad SMARTS) is 1. The van der Waals surface area contributed by atoms with Crippen molar-refractivity contribution in [3.63, 3.8) is 0 Å². The number of carbonyl (C=O) groups is 2. The fourth-order valence-corrected chi connectivity index (χ4v) is 3.09. The zero-order valence-electron chi connectivity index (χ0n) is 11.4. The number of hydrogen-bond donors (Lipinski definition) is 2. The van der Waals surface area contributed by atoms with Crippen LogP contribution in [0.3, 0.4) is 0 Å². The summed E-state index contributed by atoms with van der Waals surface area (Å²) in [4.78, 5) is 23.1. The minimum Gasteiger partial charge on any atom is -0.481 e. The third-order valence-electron chi connectivity index (χ3n) is 5.02. The van der Waals surface area contributed by atoms with Crippen LogP contribution in [0.4, 0.5) is 0 Å². The predicted molar refractivity (Wildman–Crippen MR) is 68.0 cm³/mol. The molecule has 4 heteroatoms. The highest BCUT2D eigenvalue weighted by Gasteiger charge is 2.47. The lowest BCUT2D eigenvalue weighted by molar-refractivity contribution is -0.150. The van der Waals surface area contributed by atoms with Crippen LogP contribution in [0.1, 0.15) is 46.5 Å². The van der Waals surface area contributed by atoms with Crippen molar-refractivity contribution in [2.24, 2.45) is 23.2 Å². The second kappa shape index (κ2) is 4.56. The predicted octanol–water partition coefficient (Wildman–Crippen LogP) is 2.04. The van der Waals surface area contributed by atoms with Crippen molar-refractivity contribution >= 4 is 11.9 Å². The van der Waals surface area contributed by atoms with E-state index in [-0.39, 0.29) is 35.1 Å². The lowest BCUT2D eigenvalue weighted by Gasteiger charge is -2.46. The molecule has 0 bridgehead atoms. The Kier molecular flexibility index (Phi) is 3.39. The molecule has 0 aliphatic heterocycles. The van der Waals surface area contributed by atoms with Crippen molar-refractivity contribution in [2.75, 3.05) is 0 Å². The van der Waals surface area contributed by atoms with Crippen LogP contribution in [0.15, 0.2) is 0 Å². The SMILES string of the molecule is CC1C(NC(=O)C2CC2)CCC(C(=O)O)C1(C)C. The zero-order chi connectivity index (χ0) is 13.5. The molecule has 4 nitrogen and oxygen atoms in total. The van der Waals surface area contributed by atoms with Crippen molar-refractivity contribution in [1.29, 1.82) is 0 Å².